The molecule has 0 spiro atoms. The summed E-state index contributed by atoms with van der Waals surface area (Å²) in [6, 6.07) is 5.90. The standard InChI is InChI=1S/C20H29N5O3/c1-20(2,3)28-19(27)25-10-8-24(9-11-25)13-17(23-21)15-4-6-16-14(12-15)5-7-18(26)22-16/h4,6,12H,5,7-11,13,21H2,1-3H3,(H,22,26). The molecule has 0 atom stereocenters. The van der Waals surface area contributed by atoms with Crippen LogP contribution < -0.4 is 11.2 Å². The van der Waals surface area contributed by atoms with Gasteiger partial charge in [-0.05, 0) is 50.5 Å². The number of carbonyl (C=O) groups excluding carboxylic acids is 2. The number of hydrogen-bond acceptors (Lipinski definition) is 6. The van der Waals surface area contributed by atoms with Crippen LogP contribution in [0.2, 0.25) is 0 Å². The number of hydrogen-bond donors (Lipinski definition) is 2. The predicted molar refractivity (Wildman–Crippen MR) is 108 cm³/mol. The van der Waals surface area contributed by atoms with Gasteiger partial charge in [-0.25, -0.2) is 4.79 Å². The minimum Gasteiger partial charge on any atom is -0.444 e. The lowest BCUT2D eigenvalue weighted by Gasteiger charge is -2.35. The van der Waals surface area contributed by atoms with E-state index in [-0.39, 0.29) is 12.0 Å². The van der Waals surface area contributed by atoms with Crippen molar-refractivity contribution >= 4 is 23.4 Å². The van der Waals surface area contributed by atoms with E-state index in [1.807, 2.05) is 32.9 Å². The van der Waals surface area contributed by atoms with Gasteiger partial charge >= 0.3 is 6.09 Å². The Morgan fingerprint density at radius 2 is 1.93 bits per heavy atom. The third-order valence-electron chi connectivity index (χ3n) is 4.89. The largest absolute Gasteiger partial charge is 0.444 e. The van der Waals surface area contributed by atoms with E-state index in [1.165, 1.54) is 0 Å². The molecule has 2 aliphatic rings. The fourth-order valence-corrected chi connectivity index (χ4v) is 3.40. The molecule has 8 nitrogen and oxygen atoms in total. The summed E-state index contributed by atoms with van der Waals surface area (Å²) in [6.07, 6.45) is 0.955. The lowest BCUT2D eigenvalue weighted by molar-refractivity contribution is -0.116. The van der Waals surface area contributed by atoms with E-state index in [1.54, 1.807) is 4.90 Å². The molecule has 8 heteroatoms. The zero-order valence-corrected chi connectivity index (χ0v) is 16.8. The van der Waals surface area contributed by atoms with Crippen molar-refractivity contribution in [1.29, 1.82) is 0 Å². The number of benzene rings is 1. The monoisotopic (exact) mass is 387 g/mol. The van der Waals surface area contributed by atoms with Crippen molar-refractivity contribution in [3.05, 3.63) is 29.3 Å². The summed E-state index contributed by atoms with van der Waals surface area (Å²) >= 11 is 0. The summed E-state index contributed by atoms with van der Waals surface area (Å²) in [5, 5.41) is 6.89. The summed E-state index contributed by atoms with van der Waals surface area (Å²) < 4.78 is 5.44. The Morgan fingerprint density at radius 1 is 1.21 bits per heavy atom. The number of aryl methyl sites for hydroxylation is 1. The molecule has 0 aliphatic carbocycles. The minimum atomic E-state index is -0.487. The Labute approximate surface area is 165 Å². The van der Waals surface area contributed by atoms with Crippen molar-refractivity contribution in [1.82, 2.24) is 9.80 Å². The fourth-order valence-electron chi connectivity index (χ4n) is 3.40. The highest BCUT2D eigenvalue weighted by atomic mass is 16.6. The molecule has 1 aromatic carbocycles. The molecule has 0 aromatic heterocycles. The van der Waals surface area contributed by atoms with Crippen LogP contribution in [0.3, 0.4) is 0 Å². The lowest BCUT2D eigenvalue weighted by atomic mass is 9.98. The highest BCUT2D eigenvalue weighted by molar-refractivity contribution is 6.03. The highest BCUT2D eigenvalue weighted by Gasteiger charge is 2.26. The summed E-state index contributed by atoms with van der Waals surface area (Å²) in [5.41, 5.74) is 3.24. The summed E-state index contributed by atoms with van der Waals surface area (Å²) in [7, 11) is 0. The first-order chi connectivity index (χ1) is 13.2. The Bertz CT molecular complexity index is 777. The molecule has 2 heterocycles. The van der Waals surface area contributed by atoms with Crippen molar-refractivity contribution in [2.45, 2.75) is 39.2 Å². The third-order valence-corrected chi connectivity index (χ3v) is 4.89. The number of fused-ring (bicyclic) bond motifs is 1. The van der Waals surface area contributed by atoms with Crippen molar-refractivity contribution < 1.29 is 14.3 Å². The first-order valence-electron chi connectivity index (χ1n) is 9.65. The van der Waals surface area contributed by atoms with Crippen molar-refractivity contribution in [3.63, 3.8) is 0 Å². The van der Waals surface area contributed by atoms with E-state index in [9.17, 15) is 9.59 Å². The van der Waals surface area contributed by atoms with Crippen molar-refractivity contribution in [2.24, 2.45) is 10.9 Å². The molecule has 2 aliphatic heterocycles. The minimum absolute atomic E-state index is 0.0517. The second kappa shape index (κ2) is 8.18. The van der Waals surface area contributed by atoms with E-state index in [2.05, 4.69) is 21.4 Å². The highest BCUT2D eigenvalue weighted by Crippen LogP contribution is 2.24. The van der Waals surface area contributed by atoms with Gasteiger partial charge in [0.1, 0.15) is 5.60 Å². The molecule has 1 aromatic rings. The van der Waals surface area contributed by atoms with Gasteiger partial charge in [-0.15, -0.1) is 0 Å². The van der Waals surface area contributed by atoms with Gasteiger partial charge in [-0.2, -0.15) is 5.10 Å². The lowest BCUT2D eigenvalue weighted by Crippen LogP contribution is -2.51. The second-order valence-corrected chi connectivity index (χ2v) is 8.24. The SMILES string of the molecule is CC(C)(C)OC(=O)N1CCN(CC(=NN)c2ccc3c(c2)CCC(=O)N3)CC1. The maximum Gasteiger partial charge on any atom is 0.410 e. The Kier molecular flexibility index (Phi) is 5.88. The van der Waals surface area contributed by atoms with Crippen LogP contribution >= 0.6 is 0 Å². The molecular formula is C20H29N5O3. The number of anilines is 1. The Hall–Kier alpha value is -2.61. The molecular weight excluding hydrogens is 358 g/mol. The maximum absolute atomic E-state index is 12.2. The number of nitrogens with two attached hydrogens (primary N) is 1. The van der Waals surface area contributed by atoms with Crippen LogP contribution in [0.15, 0.2) is 23.3 Å². The molecule has 1 fully saturated rings. The molecule has 2 amide bonds. The van der Waals surface area contributed by atoms with Crippen LogP contribution in [0.1, 0.15) is 38.3 Å². The normalized spacial score (nSPS) is 18.5. The molecule has 28 heavy (non-hydrogen) atoms. The fraction of sp³-hybridized carbons (Fsp3) is 0.550. The van der Waals surface area contributed by atoms with E-state index >= 15 is 0 Å². The Morgan fingerprint density at radius 3 is 2.57 bits per heavy atom. The molecule has 152 valence electrons. The number of amides is 2. The average Bonchev–Trinajstić information content (AvgIpc) is 2.65. The van der Waals surface area contributed by atoms with Crippen LogP contribution in [0.4, 0.5) is 10.5 Å². The topological polar surface area (TPSA) is 100 Å². The number of ether oxygens (including phenoxy) is 1. The zero-order valence-electron chi connectivity index (χ0n) is 16.8. The van der Waals surface area contributed by atoms with E-state index in [0.29, 0.717) is 26.1 Å². The first-order valence-corrected chi connectivity index (χ1v) is 9.65. The molecule has 0 saturated carbocycles. The van der Waals surface area contributed by atoms with Gasteiger partial charge in [-0.1, -0.05) is 6.07 Å². The van der Waals surface area contributed by atoms with Crippen LogP contribution in [-0.4, -0.2) is 65.8 Å². The van der Waals surface area contributed by atoms with E-state index in [0.717, 1.165) is 42.0 Å². The van der Waals surface area contributed by atoms with Crippen LogP contribution in [0, 0.1) is 0 Å². The average molecular weight is 387 g/mol. The smallest absolute Gasteiger partial charge is 0.410 e. The summed E-state index contributed by atoms with van der Waals surface area (Å²) in [5.74, 6) is 5.72. The molecule has 0 radical (unpaired) electrons. The van der Waals surface area contributed by atoms with Gasteiger partial charge in [-0.3, -0.25) is 9.69 Å². The molecule has 1 saturated heterocycles. The van der Waals surface area contributed by atoms with Crippen LogP contribution in [-0.2, 0) is 16.0 Å². The molecule has 3 rings (SSSR count). The van der Waals surface area contributed by atoms with Gasteiger partial charge in [0.25, 0.3) is 0 Å². The van der Waals surface area contributed by atoms with Gasteiger partial charge < -0.3 is 20.8 Å². The summed E-state index contributed by atoms with van der Waals surface area (Å²) in [4.78, 5) is 27.7. The number of nitrogens with one attached hydrogen (secondary N) is 1. The van der Waals surface area contributed by atoms with Gasteiger partial charge in [0, 0.05) is 44.8 Å². The zero-order chi connectivity index (χ0) is 20.3. The summed E-state index contributed by atoms with van der Waals surface area (Å²) in [6.45, 7) is 8.92. The number of piperazine rings is 1. The predicted octanol–water partition coefficient (Wildman–Crippen LogP) is 1.79. The second-order valence-electron chi connectivity index (χ2n) is 8.24. The van der Waals surface area contributed by atoms with Crippen molar-refractivity contribution in [3.8, 4) is 0 Å². The third kappa shape index (κ3) is 5.01. The number of carbonyl (C=O) groups is 2. The maximum atomic E-state index is 12.2. The molecule has 3 N–H and O–H groups in total. The van der Waals surface area contributed by atoms with Crippen molar-refractivity contribution in [2.75, 3.05) is 38.0 Å². The number of rotatable bonds is 3. The number of hydrazone groups is 1. The van der Waals surface area contributed by atoms with E-state index in [4.69, 9.17) is 10.6 Å². The van der Waals surface area contributed by atoms with Gasteiger partial charge in [0.2, 0.25) is 5.91 Å². The number of nitrogens with zero attached hydrogens (tertiary/aromatic N) is 3. The quantitative estimate of drug-likeness (QED) is 0.468. The van der Waals surface area contributed by atoms with Gasteiger partial charge in [0.15, 0.2) is 0 Å². The van der Waals surface area contributed by atoms with Crippen LogP contribution in [0.5, 0.6) is 0 Å². The van der Waals surface area contributed by atoms with Crippen LogP contribution in [0.25, 0.3) is 0 Å². The first kappa shape index (κ1) is 20.1. The Balaban J connectivity index is 1.58. The van der Waals surface area contributed by atoms with Gasteiger partial charge in [0.05, 0.1) is 5.71 Å². The molecule has 0 bridgehead atoms. The molecule has 0 unspecified atom stereocenters. The van der Waals surface area contributed by atoms with E-state index < -0.39 is 5.60 Å².